The Morgan fingerprint density at radius 3 is 2.63 bits per heavy atom. The molecule has 2 heterocycles. The van der Waals surface area contributed by atoms with Crippen molar-refractivity contribution in [2.24, 2.45) is 0 Å². The molecule has 0 spiro atoms. The first-order valence-corrected chi connectivity index (χ1v) is 11.6. The Morgan fingerprint density at radius 2 is 1.91 bits per heavy atom. The lowest BCUT2D eigenvalue weighted by Gasteiger charge is -2.05. The molecule has 0 bridgehead atoms. The lowest BCUT2D eigenvalue weighted by Crippen LogP contribution is -2.11. The average Bonchev–Trinajstić information content (AvgIpc) is 3.49. The fourth-order valence-electron chi connectivity index (χ4n) is 3.25. The number of methoxy groups -OCH3 is 1. The highest BCUT2D eigenvalue weighted by Crippen LogP contribution is 2.29. The third-order valence-corrected chi connectivity index (χ3v) is 5.68. The lowest BCUT2D eigenvalue weighted by atomic mass is 10.1. The minimum Gasteiger partial charge on any atom is -0.497 e. The van der Waals surface area contributed by atoms with Crippen LogP contribution in [-0.4, -0.2) is 34.0 Å². The van der Waals surface area contributed by atoms with E-state index >= 15 is 0 Å². The number of rotatable bonds is 9. The summed E-state index contributed by atoms with van der Waals surface area (Å²) < 4.78 is 24.8. The largest absolute Gasteiger partial charge is 0.497 e. The summed E-state index contributed by atoms with van der Waals surface area (Å²) >= 11 is 1.20. The number of hydrogen-bond acceptors (Lipinski definition) is 8. The molecule has 0 radical (unpaired) electrons. The normalized spacial score (nSPS) is 10.7. The highest BCUT2D eigenvalue weighted by atomic mass is 32.1. The summed E-state index contributed by atoms with van der Waals surface area (Å²) in [5.74, 6) is 0.627. The smallest absolute Gasteiger partial charge is 0.226 e. The maximum Gasteiger partial charge on any atom is 0.226 e. The molecule has 2 N–H and O–H groups in total. The van der Waals surface area contributed by atoms with Crippen LogP contribution in [0, 0.1) is 5.82 Å². The molecule has 0 aliphatic heterocycles. The topological polar surface area (TPSA) is 119 Å². The van der Waals surface area contributed by atoms with Gasteiger partial charge >= 0.3 is 0 Å². The lowest BCUT2D eigenvalue weighted by molar-refractivity contribution is -0.116. The molecule has 4 rings (SSSR count). The SMILES string of the molecule is COc1ccc(-c2noc(CCCC(=O)Nc3nc(-c4ccc(NC(C)=O)cc4F)cs3)n2)cc1. The Labute approximate surface area is 204 Å². The molecule has 0 atom stereocenters. The standard InChI is InChI=1S/C24H22FN5O4S/c1-14(31)26-16-8-11-18(19(25)12-16)20-13-35-24(27-20)28-21(32)4-3-5-22-29-23(30-34-22)15-6-9-17(33-2)10-7-15/h6-13H,3-5H2,1-2H3,(H,26,31)(H,27,28,32). The molecule has 4 aromatic rings. The van der Waals surface area contributed by atoms with Gasteiger partial charge in [0, 0.05) is 42.0 Å². The molecule has 35 heavy (non-hydrogen) atoms. The van der Waals surface area contributed by atoms with Crippen LogP contribution in [0.25, 0.3) is 22.6 Å². The number of ether oxygens (including phenoxy) is 1. The van der Waals surface area contributed by atoms with E-state index in [4.69, 9.17) is 9.26 Å². The van der Waals surface area contributed by atoms with Gasteiger partial charge in [0.2, 0.25) is 23.5 Å². The van der Waals surface area contributed by atoms with E-state index in [-0.39, 0.29) is 23.8 Å². The average molecular weight is 496 g/mol. The molecule has 0 aliphatic carbocycles. The zero-order valence-electron chi connectivity index (χ0n) is 19.0. The van der Waals surface area contributed by atoms with Crippen LogP contribution in [0.3, 0.4) is 0 Å². The van der Waals surface area contributed by atoms with E-state index in [1.54, 1.807) is 18.6 Å². The number of hydrogen-bond donors (Lipinski definition) is 2. The number of anilines is 2. The van der Waals surface area contributed by atoms with Crippen LogP contribution in [0.1, 0.15) is 25.7 Å². The Balaban J connectivity index is 1.28. The summed E-state index contributed by atoms with van der Waals surface area (Å²) in [4.78, 5) is 32.1. The fourth-order valence-corrected chi connectivity index (χ4v) is 3.98. The number of aromatic nitrogens is 3. The van der Waals surface area contributed by atoms with E-state index < -0.39 is 5.82 Å². The van der Waals surface area contributed by atoms with E-state index in [0.717, 1.165) is 11.3 Å². The van der Waals surface area contributed by atoms with Crippen LogP contribution in [0.5, 0.6) is 5.75 Å². The second-order valence-electron chi connectivity index (χ2n) is 7.56. The van der Waals surface area contributed by atoms with Crippen LogP contribution >= 0.6 is 11.3 Å². The second kappa shape index (κ2) is 10.9. The monoisotopic (exact) mass is 495 g/mol. The summed E-state index contributed by atoms with van der Waals surface area (Å²) in [6.45, 7) is 1.35. The molecule has 2 aromatic carbocycles. The zero-order valence-corrected chi connectivity index (χ0v) is 19.8. The quantitative estimate of drug-likeness (QED) is 0.338. The number of carbonyl (C=O) groups is 2. The van der Waals surface area contributed by atoms with Crippen molar-refractivity contribution < 1.29 is 23.2 Å². The van der Waals surface area contributed by atoms with Gasteiger partial charge in [-0.05, 0) is 48.9 Å². The van der Waals surface area contributed by atoms with Crippen LogP contribution in [0.4, 0.5) is 15.2 Å². The van der Waals surface area contributed by atoms with Gasteiger partial charge in [-0.1, -0.05) is 5.16 Å². The summed E-state index contributed by atoms with van der Waals surface area (Å²) in [6, 6.07) is 11.7. The highest BCUT2D eigenvalue weighted by Gasteiger charge is 2.14. The molecule has 0 fully saturated rings. The third kappa shape index (κ3) is 6.27. The van der Waals surface area contributed by atoms with Gasteiger partial charge in [0.1, 0.15) is 11.6 Å². The maximum absolute atomic E-state index is 14.4. The predicted octanol–water partition coefficient (Wildman–Crippen LogP) is 4.93. The van der Waals surface area contributed by atoms with Gasteiger partial charge in [-0.2, -0.15) is 4.98 Å². The second-order valence-corrected chi connectivity index (χ2v) is 8.41. The van der Waals surface area contributed by atoms with Crippen LogP contribution in [0.2, 0.25) is 0 Å². The van der Waals surface area contributed by atoms with Crippen molar-refractivity contribution in [3.05, 3.63) is 59.6 Å². The molecule has 0 aliphatic rings. The van der Waals surface area contributed by atoms with Gasteiger partial charge in [-0.25, -0.2) is 9.37 Å². The molecule has 2 aromatic heterocycles. The zero-order chi connectivity index (χ0) is 24.8. The Morgan fingerprint density at radius 1 is 1.11 bits per heavy atom. The molecule has 180 valence electrons. The fraction of sp³-hybridized carbons (Fsp3) is 0.208. The summed E-state index contributed by atoms with van der Waals surface area (Å²) in [5, 5.41) is 11.3. The summed E-state index contributed by atoms with van der Waals surface area (Å²) in [7, 11) is 1.60. The van der Waals surface area contributed by atoms with Crippen molar-refractivity contribution >= 4 is 34.0 Å². The van der Waals surface area contributed by atoms with Crippen molar-refractivity contribution in [2.45, 2.75) is 26.2 Å². The summed E-state index contributed by atoms with van der Waals surface area (Å²) in [5.41, 5.74) is 1.84. The van der Waals surface area contributed by atoms with Crippen molar-refractivity contribution in [2.75, 3.05) is 17.7 Å². The van der Waals surface area contributed by atoms with Gasteiger partial charge < -0.3 is 19.9 Å². The summed E-state index contributed by atoms with van der Waals surface area (Å²) in [6.07, 6.45) is 1.19. The number of amides is 2. The van der Waals surface area contributed by atoms with Crippen molar-refractivity contribution in [3.63, 3.8) is 0 Å². The number of halogens is 1. The molecule has 0 unspecified atom stereocenters. The minimum absolute atomic E-state index is 0.220. The Bertz CT molecular complexity index is 1340. The first-order valence-electron chi connectivity index (χ1n) is 10.7. The van der Waals surface area contributed by atoms with E-state index in [1.165, 1.54) is 30.4 Å². The molecule has 0 saturated heterocycles. The number of benzene rings is 2. The van der Waals surface area contributed by atoms with Crippen LogP contribution < -0.4 is 15.4 Å². The van der Waals surface area contributed by atoms with E-state index in [9.17, 15) is 14.0 Å². The van der Waals surface area contributed by atoms with E-state index in [1.807, 2.05) is 24.3 Å². The maximum atomic E-state index is 14.4. The van der Waals surface area contributed by atoms with Crippen molar-refractivity contribution in [1.82, 2.24) is 15.1 Å². The molecular weight excluding hydrogens is 473 g/mol. The van der Waals surface area contributed by atoms with E-state index in [2.05, 4.69) is 25.8 Å². The van der Waals surface area contributed by atoms with Gasteiger partial charge in [-0.15, -0.1) is 11.3 Å². The van der Waals surface area contributed by atoms with Crippen molar-refractivity contribution in [1.29, 1.82) is 0 Å². The number of thiazole rings is 1. The minimum atomic E-state index is -0.520. The number of nitrogens with zero attached hydrogens (tertiary/aromatic N) is 3. The van der Waals surface area contributed by atoms with Crippen molar-refractivity contribution in [3.8, 4) is 28.4 Å². The Kier molecular flexibility index (Phi) is 7.46. The molecule has 11 heteroatoms. The van der Waals surface area contributed by atoms with Crippen LogP contribution in [0.15, 0.2) is 52.4 Å². The van der Waals surface area contributed by atoms with Crippen LogP contribution in [-0.2, 0) is 16.0 Å². The van der Waals surface area contributed by atoms with Gasteiger partial charge in [-0.3, -0.25) is 9.59 Å². The first-order chi connectivity index (χ1) is 16.9. The third-order valence-electron chi connectivity index (χ3n) is 4.93. The molecule has 0 saturated carbocycles. The Hall–Kier alpha value is -4.12. The molecular formula is C24H22FN5O4S. The first kappa shape index (κ1) is 24.0. The number of nitrogens with one attached hydrogen (secondary N) is 2. The van der Waals surface area contributed by atoms with E-state index in [0.29, 0.717) is 41.1 Å². The highest BCUT2D eigenvalue weighted by molar-refractivity contribution is 7.14. The van der Waals surface area contributed by atoms with Gasteiger partial charge in [0.25, 0.3) is 0 Å². The number of carbonyl (C=O) groups excluding carboxylic acids is 2. The van der Waals surface area contributed by atoms with Gasteiger partial charge in [0.15, 0.2) is 5.13 Å². The molecule has 2 amide bonds. The number of aryl methyl sites for hydroxylation is 1. The van der Waals surface area contributed by atoms with Gasteiger partial charge in [0.05, 0.1) is 12.8 Å². The predicted molar refractivity (Wildman–Crippen MR) is 130 cm³/mol. The molecule has 9 nitrogen and oxygen atoms in total.